The lowest BCUT2D eigenvalue weighted by Crippen LogP contribution is -2.13. The second-order valence-electron chi connectivity index (χ2n) is 4.49. The molecule has 3 rings (SSSR count). The van der Waals surface area contributed by atoms with Gasteiger partial charge in [0.2, 0.25) is 5.13 Å². The number of benzene rings is 2. The molecule has 1 N–H and O–H groups in total. The molecular formula is C15H8BrF2N3OS. The first-order valence-electron chi connectivity index (χ1n) is 6.39. The molecule has 4 nitrogen and oxygen atoms in total. The maximum absolute atomic E-state index is 13.9. The molecule has 116 valence electrons. The summed E-state index contributed by atoms with van der Waals surface area (Å²) in [7, 11) is 0. The number of aromatic nitrogens is 2. The number of carbonyl (C=O) groups is 1. The molecule has 2 aromatic carbocycles. The quantitative estimate of drug-likeness (QED) is 0.710. The largest absolute Gasteiger partial charge is 0.296 e. The number of hydrogen-bond donors (Lipinski definition) is 1. The summed E-state index contributed by atoms with van der Waals surface area (Å²) in [4.78, 5) is 16.2. The van der Waals surface area contributed by atoms with Gasteiger partial charge >= 0.3 is 0 Å². The molecule has 0 saturated carbocycles. The van der Waals surface area contributed by atoms with Crippen molar-refractivity contribution in [3.8, 4) is 11.4 Å². The summed E-state index contributed by atoms with van der Waals surface area (Å²) in [6.45, 7) is 0. The monoisotopic (exact) mass is 395 g/mol. The topological polar surface area (TPSA) is 54.9 Å². The van der Waals surface area contributed by atoms with E-state index in [2.05, 4.69) is 30.6 Å². The molecule has 0 saturated heterocycles. The van der Waals surface area contributed by atoms with E-state index in [4.69, 9.17) is 0 Å². The van der Waals surface area contributed by atoms with Crippen LogP contribution in [0.15, 0.2) is 46.9 Å². The van der Waals surface area contributed by atoms with Crippen molar-refractivity contribution in [2.24, 2.45) is 0 Å². The third-order valence-corrected chi connectivity index (χ3v) is 4.19. The summed E-state index contributed by atoms with van der Waals surface area (Å²) < 4.78 is 31.1. The fraction of sp³-hybridized carbons (Fsp3) is 0. The van der Waals surface area contributed by atoms with Crippen molar-refractivity contribution in [3.63, 3.8) is 0 Å². The molecule has 0 aliphatic carbocycles. The molecule has 0 bridgehead atoms. The molecule has 0 aliphatic heterocycles. The summed E-state index contributed by atoms with van der Waals surface area (Å²) in [6.07, 6.45) is 0. The standard InChI is InChI=1S/C15H8BrF2N3OS/c16-11-3-1-2-10(12(11)18)14(22)20-15-19-13(21-23-15)8-4-6-9(17)7-5-8/h1-7H,(H,19,20,21,22). The van der Waals surface area contributed by atoms with Gasteiger partial charge in [-0.2, -0.15) is 9.36 Å². The number of hydrogen-bond acceptors (Lipinski definition) is 4. The van der Waals surface area contributed by atoms with Gasteiger partial charge < -0.3 is 0 Å². The van der Waals surface area contributed by atoms with Crippen LogP contribution in [-0.2, 0) is 0 Å². The van der Waals surface area contributed by atoms with E-state index < -0.39 is 11.7 Å². The molecule has 8 heteroatoms. The van der Waals surface area contributed by atoms with Gasteiger partial charge in [-0.1, -0.05) is 6.07 Å². The first kappa shape index (κ1) is 15.7. The van der Waals surface area contributed by atoms with Crippen LogP contribution >= 0.6 is 27.5 Å². The van der Waals surface area contributed by atoms with Crippen LogP contribution in [0.4, 0.5) is 13.9 Å². The van der Waals surface area contributed by atoms with Crippen LogP contribution in [0.2, 0.25) is 0 Å². The van der Waals surface area contributed by atoms with E-state index in [0.717, 1.165) is 11.5 Å². The highest BCUT2D eigenvalue weighted by atomic mass is 79.9. The SMILES string of the molecule is O=C(Nc1nc(-c2ccc(F)cc2)ns1)c1cccc(Br)c1F. The maximum atomic E-state index is 13.9. The van der Waals surface area contributed by atoms with Crippen molar-refractivity contribution in [1.29, 1.82) is 0 Å². The van der Waals surface area contributed by atoms with E-state index in [1.54, 1.807) is 6.07 Å². The van der Waals surface area contributed by atoms with Gasteiger partial charge in [0.25, 0.3) is 5.91 Å². The zero-order chi connectivity index (χ0) is 16.4. The van der Waals surface area contributed by atoms with Crippen molar-refractivity contribution in [3.05, 3.63) is 64.1 Å². The van der Waals surface area contributed by atoms with Gasteiger partial charge in [0.1, 0.15) is 11.6 Å². The molecule has 1 amide bonds. The number of carbonyl (C=O) groups excluding carboxylic acids is 1. The number of rotatable bonds is 3. The molecule has 0 fully saturated rings. The predicted molar refractivity (Wildman–Crippen MR) is 87.4 cm³/mol. The summed E-state index contributed by atoms with van der Waals surface area (Å²) in [5, 5.41) is 2.73. The van der Waals surface area contributed by atoms with Gasteiger partial charge in [-0.15, -0.1) is 0 Å². The Kier molecular flexibility index (Phi) is 4.44. The average Bonchev–Trinajstić information content (AvgIpc) is 2.99. The van der Waals surface area contributed by atoms with Crippen LogP contribution in [-0.4, -0.2) is 15.3 Å². The Labute approximate surface area is 142 Å². The fourth-order valence-electron chi connectivity index (χ4n) is 1.83. The van der Waals surface area contributed by atoms with Gasteiger partial charge in [-0.3, -0.25) is 10.1 Å². The van der Waals surface area contributed by atoms with Crippen molar-refractivity contribution in [1.82, 2.24) is 9.36 Å². The zero-order valence-corrected chi connectivity index (χ0v) is 13.8. The third kappa shape index (κ3) is 3.43. The summed E-state index contributed by atoms with van der Waals surface area (Å²) in [6, 6.07) is 10.1. The summed E-state index contributed by atoms with van der Waals surface area (Å²) >= 11 is 3.99. The van der Waals surface area contributed by atoms with E-state index >= 15 is 0 Å². The highest BCUT2D eigenvalue weighted by molar-refractivity contribution is 9.10. The molecule has 23 heavy (non-hydrogen) atoms. The van der Waals surface area contributed by atoms with Crippen molar-refractivity contribution < 1.29 is 13.6 Å². The fourth-order valence-corrected chi connectivity index (χ4v) is 2.79. The normalized spacial score (nSPS) is 10.6. The van der Waals surface area contributed by atoms with Crippen LogP contribution < -0.4 is 5.32 Å². The van der Waals surface area contributed by atoms with Crippen LogP contribution in [0.5, 0.6) is 0 Å². The lowest BCUT2D eigenvalue weighted by Gasteiger charge is -2.03. The molecule has 0 spiro atoms. The van der Waals surface area contributed by atoms with Crippen LogP contribution in [0.3, 0.4) is 0 Å². The van der Waals surface area contributed by atoms with E-state index in [9.17, 15) is 13.6 Å². The van der Waals surface area contributed by atoms with E-state index in [-0.39, 0.29) is 21.0 Å². The van der Waals surface area contributed by atoms with Crippen LogP contribution in [0.25, 0.3) is 11.4 Å². The van der Waals surface area contributed by atoms with Crippen molar-refractivity contribution in [2.45, 2.75) is 0 Å². The van der Waals surface area contributed by atoms with Crippen molar-refractivity contribution in [2.75, 3.05) is 5.32 Å². The van der Waals surface area contributed by atoms with Crippen LogP contribution in [0.1, 0.15) is 10.4 Å². The lowest BCUT2D eigenvalue weighted by molar-refractivity contribution is 0.102. The third-order valence-electron chi connectivity index (χ3n) is 2.95. The number of anilines is 1. The minimum absolute atomic E-state index is 0.0992. The smallest absolute Gasteiger partial charge is 0.260 e. The second kappa shape index (κ2) is 6.51. The first-order chi connectivity index (χ1) is 11.0. The number of amides is 1. The molecular weight excluding hydrogens is 388 g/mol. The molecule has 0 radical (unpaired) electrons. The van der Waals surface area contributed by atoms with Gasteiger partial charge in [0.05, 0.1) is 10.0 Å². The minimum Gasteiger partial charge on any atom is -0.296 e. The van der Waals surface area contributed by atoms with Crippen LogP contribution in [0, 0.1) is 11.6 Å². The first-order valence-corrected chi connectivity index (χ1v) is 7.96. The second-order valence-corrected chi connectivity index (χ2v) is 6.09. The average molecular weight is 396 g/mol. The Balaban J connectivity index is 1.80. The Morgan fingerprint density at radius 1 is 1.13 bits per heavy atom. The Morgan fingerprint density at radius 3 is 2.61 bits per heavy atom. The van der Waals surface area contributed by atoms with Gasteiger partial charge in [-0.25, -0.2) is 8.78 Å². The van der Waals surface area contributed by atoms with Gasteiger partial charge in [0, 0.05) is 17.1 Å². The summed E-state index contributed by atoms with van der Waals surface area (Å²) in [5.74, 6) is -1.26. The predicted octanol–water partition coefficient (Wildman–Crippen LogP) is 4.50. The van der Waals surface area contributed by atoms with Gasteiger partial charge in [-0.05, 0) is 52.3 Å². The maximum Gasteiger partial charge on any atom is 0.260 e. The molecule has 0 unspecified atom stereocenters. The zero-order valence-electron chi connectivity index (χ0n) is 11.4. The molecule has 0 aliphatic rings. The Bertz CT molecular complexity index is 867. The number of nitrogens with one attached hydrogen (secondary N) is 1. The van der Waals surface area contributed by atoms with E-state index in [1.807, 2.05) is 0 Å². The molecule has 3 aromatic rings. The van der Waals surface area contributed by atoms with Crippen molar-refractivity contribution >= 4 is 38.5 Å². The Morgan fingerprint density at radius 2 is 1.87 bits per heavy atom. The van der Waals surface area contributed by atoms with E-state index in [1.165, 1.54) is 36.4 Å². The highest BCUT2D eigenvalue weighted by Crippen LogP contribution is 2.23. The lowest BCUT2D eigenvalue weighted by atomic mass is 10.2. The Hall–Kier alpha value is -2.19. The van der Waals surface area contributed by atoms with Gasteiger partial charge in [0.15, 0.2) is 5.82 Å². The molecule has 0 atom stereocenters. The highest BCUT2D eigenvalue weighted by Gasteiger charge is 2.16. The minimum atomic E-state index is -0.645. The number of halogens is 3. The molecule has 1 aromatic heterocycles. The number of nitrogens with zero attached hydrogens (tertiary/aromatic N) is 2. The summed E-state index contributed by atoms with van der Waals surface area (Å²) in [5.41, 5.74) is 0.523. The molecule has 1 heterocycles. The van der Waals surface area contributed by atoms with E-state index in [0.29, 0.717) is 11.4 Å².